The van der Waals surface area contributed by atoms with E-state index in [2.05, 4.69) is 15.3 Å². The van der Waals surface area contributed by atoms with Crippen molar-refractivity contribution in [2.24, 2.45) is 13.0 Å². The van der Waals surface area contributed by atoms with Gasteiger partial charge in [-0.3, -0.25) is 24.0 Å². The fourth-order valence-electron chi connectivity index (χ4n) is 5.85. The number of fused-ring (bicyclic) bond motifs is 1. The Bertz CT molecular complexity index is 1480. The molecule has 2 aliphatic rings. The van der Waals surface area contributed by atoms with Crippen molar-refractivity contribution in [2.45, 2.75) is 57.3 Å². The monoisotopic (exact) mass is 614 g/mol. The molecule has 230 valence electrons. The number of carboxylic acids is 1. The number of amides is 1. The van der Waals surface area contributed by atoms with Gasteiger partial charge in [-0.2, -0.15) is 5.10 Å². The Labute approximate surface area is 254 Å². The normalized spacial score (nSPS) is 19.9. The minimum Gasteiger partial charge on any atom is -0.481 e. The van der Waals surface area contributed by atoms with Crippen LogP contribution in [0.4, 0.5) is 10.1 Å². The molecule has 0 bridgehead atoms. The molecule has 1 amide bonds. The summed E-state index contributed by atoms with van der Waals surface area (Å²) in [5.74, 6) is -2.60. The Balaban J connectivity index is 1.14. The number of carbonyl (C=O) groups is 3. The summed E-state index contributed by atoms with van der Waals surface area (Å²) in [5, 5.41) is 16.9. The van der Waals surface area contributed by atoms with E-state index in [1.54, 1.807) is 23.9 Å². The average molecular weight is 615 g/mol. The second kappa shape index (κ2) is 13.9. The van der Waals surface area contributed by atoms with E-state index in [4.69, 9.17) is 21.1 Å². The van der Waals surface area contributed by atoms with Crippen LogP contribution in [0.1, 0.15) is 54.6 Å². The zero-order valence-electron chi connectivity index (χ0n) is 24.1. The summed E-state index contributed by atoms with van der Waals surface area (Å²) in [4.78, 5) is 39.1. The lowest BCUT2D eigenvalue weighted by Crippen LogP contribution is -2.42. The van der Waals surface area contributed by atoms with Crippen LogP contribution in [0.25, 0.3) is 10.9 Å². The Morgan fingerprint density at radius 1 is 1.14 bits per heavy atom. The number of likely N-dealkylation sites (tertiary alicyclic amines) is 1. The Hall–Kier alpha value is -3.38. The van der Waals surface area contributed by atoms with E-state index < -0.39 is 17.7 Å². The first-order valence-corrected chi connectivity index (χ1v) is 15.0. The number of hydrogen-bond acceptors (Lipinski definition) is 7. The molecule has 3 aromatic rings. The van der Waals surface area contributed by atoms with Crippen LogP contribution in [0.2, 0.25) is 5.02 Å². The van der Waals surface area contributed by atoms with Crippen LogP contribution in [0.3, 0.4) is 0 Å². The first-order valence-electron chi connectivity index (χ1n) is 14.6. The molecule has 1 aromatic heterocycles. The second-order valence-electron chi connectivity index (χ2n) is 11.2. The van der Waals surface area contributed by atoms with Crippen LogP contribution in [-0.2, 0) is 32.5 Å². The van der Waals surface area contributed by atoms with E-state index in [1.165, 1.54) is 6.07 Å². The lowest BCUT2D eigenvalue weighted by atomic mass is 9.87. The summed E-state index contributed by atoms with van der Waals surface area (Å²) >= 11 is 6.37. The fourth-order valence-corrected chi connectivity index (χ4v) is 6.08. The molecule has 10 nitrogen and oxygen atoms in total. The first-order chi connectivity index (χ1) is 20.7. The van der Waals surface area contributed by atoms with Crippen molar-refractivity contribution in [2.75, 3.05) is 31.6 Å². The largest absolute Gasteiger partial charge is 0.481 e. The number of anilines is 1. The van der Waals surface area contributed by atoms with Gasteiger partial charge >= 0.3 is 5.97 Å². The van der Waals surface area contributed by atoms with Crippen LogP contribution in [0.15, 0.2) is 36.4 Å². The lowest BCUT2D eigenvalue weighted by Gasteiger charge is -2.34. The number of ether oxygens (including phenoxy) is 2. The third kappa shape index (κ3) is 7.59. The van der Waals surface area contributed by atoms with Crippen LogP contribution >= 0.6 is 11.6 Å². The van der Waals surface area contributed by atoms with E-state index in [1.807, 2.05) is 12.1 Å². The van der Waals surface area contributed by atoms with Gasteiger partial charge in [0.2, 0.25) is 0 Å². The Morgan fingerprint density at radius 2 is 1.86 bits per heavy atom. The highest BCUT2D eigenvalue weighted by molar-refractivity contribution is 6.34. The van der Waals surface area contributed by atoms with Crippen molar-refractivity contribution in [3.63, 3.8) is 0 Å². The standard InChI is InChI=1S/C31H36ClFN4O6/c1-36-27-7-3-2-6-23(27)29(35-36)30(39)34-26-16-25(33)20(15-24(26)32)14-21(38)17-42-18-28(37-12-4-5-13-37)43-22-10-8-19(9-11-22)31(40)41/h2-3,6-7,15-16,19,22,28H,4-5,8-14,17-18H2,1H3,(H,34,39)(H,40,41). The van der Waals surface area contributed by atoms with Gasteiger partial charge < -0.3 is 19.9 Å². The number of nitrogens with zero attached hydrogens (tertiary/aromatic N) is 3. The highest BCUT2D eigenvalue weighted by atomic mass is 35.5. The average Bonchev–Trinajstić information content (AvgIpc) is 3.64. The van der Waals surface area contributed by atoms with Gasteiger partial charge in [-0.25, -0.2) is 4.39 Å². The van der Waals surface area contributed by atoms with Crippen LogP contribution < -0.4 is 5.32 Å². The van der Waals surface area contributed by atoms with E-state index in [0.717, 1.165) is 37.5 Å². The predicted molar refractivity (Wildman–Crippen MR) is 159 cm³/mol. The lowest BCUT2D eigenvalue weighted by molar-refractivity contribution is -0.151. The van der Waals surface area contributed by atoms with E-state index in [0.29, 0.717) is 31.1 Å². The van der Waals surface area contributed by atoms with E-state index >= 15 is 4.39 Å². The number of ketones is 1. The minimum absolute atomic E-state index is 0.0489. The van der Waals surface area contributed by atoms with Gasteiger partial charge in [0.25, 0.3) is 5.91 Å². The number of aliphatic carboxylic acids is 1. The number of nitrogens with one attached hydrogen (secondary N) is 1. The van der Waals surface area contributed by atoms with Gasteiger partial charge in [-0.1, -0.05) is 29.8 Å². The molecule has 12 heteroatoms. The Kier molecular flexibility index (Phi) is 10.1. The van der Waals surface area contributed by atoms with Crippen LogP contribution in [0, 0.1) is 11.7 Å². The Morgan fingerprint density at radius 3 is 2.58 bits per heavy atom. The summed E-state index contributed by atoms with van der Waals surface area (Å²) < 4.78 is 28.7. The number of carbonyl (C=O) groups excluding carboxylic acids is 2. The molecular weight excluding hydrogens is 579 g/mol. The maximum absolute atomic E-state index is 15.0. The molecular formula is C31H36ClFN4O6. The van der Waals surface area contributed by atoms with Gasteiger partial charge in [0.15, 0.2) is 11.5 Å². The van der Waals surface area contributed by atoms with Gasteiger partial charge in [-0.15, -0.1) is 0 Å². The third-order valence-corrected chi connectivity index (χ3v) is 8.50. The van der Waals surface area contributed by atoms with Gasteiger partial charge in [0.05, 0.1) is 34.9 Å². The summed E-state index contributed by atoms with van der Waals surface area (Å²) in [6.45, 7) is 1.70. The molecule has 5 rings (SSSR count). The molecule has 2 N–H and O–H groups in total. The predicted octanol–water partition coefficient (Wildman–Crippen LogP) is 4.83. The van der Waals surface area contributed by atoms with Crippen LogP contribution in [-0.4, -0.2) is 76.1 Å². The number of carboxylic acid groups (broad SMARTS) is 1. The maximum Gasteiger partial charge on any atom is 0.306 e. The van der Waals surface area contributed by atoms with Crippen molar-refractivity contribution >= 4 is 45.9 Å². The number of halogens is 2. The molecule has 1 unspecified atom stereocenters. The highest BCUT2D eigenvalue weighted by Crippen LogP contribution is 2.29. The number of para-hydroxylation sites is 1. The number of aryl methyl sites for hydroxylation is 1. The minimum atomic E-state index is -0.758. The fraction of sp³-hybridized carbons (Fsp3) is 0.484. The molecule has 1 saturated heterocycles. The van der Waals surface area contributed by atoms with Crippen molar-refractivity contribution in [1.29, 1.82) is 0 Å². The van der Waals surface area contributed by atoms with E-state index in [-0.39, 0.29) is 65.6 Å². The quantitative estimate of drug-likeness (QED) is 0.297. The van der Waals surface area contributed by atoms with Crippen molar-refractivity contribution in [3.8, 4) is 0 Å². The van der Waals surface area contributed by atoms with Gasteiger partial charge in [-0.05, 0) is 62.3 Å². The molecule has 0 spiro atoms. The number of rotatable bonds is 12. The summed E-state index contributed by atoms with van der Waals surface area (Å²) in [6, 6.07) is 9.71. The summed E-state index contributed by atoms with van der Waals surface area (Å²) in [7, 11) is 1.73. The SMILES string of the molecule is Cn1nc(C(=O)Nc2cc(F)c(CC(=O)COCC(OC3CCC(C(=O)O)CC3)N3CCCC3)cc2Cl)c2ccccc21. The van der Waals surface area contributed by atoms with Crippen molar-refractivity contribution in [3.05, 3.63) is 58.5 Å². The van der Waals surface area contributed by atoms with Crippen molar-refractivity contribution < 1.29 is 33.4 Å². The smallest absolute Gasteiger partial charge is 0.306 e. The van der Waals surface area contributed by atoms with Crippen LogP contribution in [0.5, 0.6) is 0 Å². The van der Waals surface area contributed by atoms with Crippen molar-refractivity contribution in [1.82, 2.24) is 14.7 Å². The topological polar surface area (TPSA) is 123 Å². The number of aromatic nitrogens is 2. The molecule has 2 fully saturated rings. The summed E-state index contributed by atoms with van der Waals surface area (Å²) in [5.41, 5.74) is 1.15. The maximum atomic E-state index is 15.0. The molecule has 1 aliphatic carbocycles. The van der Waals surface area contributed by atoms with Gasteiger partial charge in [0.1, 0.15) is 18.7 Å². The first kappa shape index (κ1) is 31.1. The number of Topliss-reactive ketones (excluding diaryl/α,β-unsaturated/α-hetero) is 1. The molecule has 43 heavy (non-hydrogen) atoms. The van der Waals surface area contributed by atoms with Gasteiger partial charge in [0, 0.05) is 31.9 Å². The number of hydrogen-bond donors (Lipinski definition) is 2. The zero-order chi connectivity index (χ0) is 30.5. The summed E-state index contributed by atoms with van der Waals surface area (Å²) in [6.07, 6.45) is 4.03. The highest BCUT2D eigenvalue weighted by Gasteiger charge is 2.31. The molecule has 0 radical (unpaired) electrons. The molecule has 2 aromatic carbocycles. The molecule has 1 atom stereocenters. The van der Waals surface area contributed by atoms with E-state index in [9.17, 15) is 19.5 Å². The molecule has 1 aliphatic heterocycles. The third-order valence-electron chi connectivity index (χ3n) is 8.19. The zero-order valence-corrected chi connectivity index (χ0v) is 24.8. The molecule has 2 heterocycles. The molecule has 1 saturated carbocycles. The second-order valence-corrected chi connectivity index (χ2v) is 11.7. The number of benzene rings is 2.